The van der Waals surface area contributed by atoms with Gasteiger partial charge in [-0.3, -0.25) is 0 Å². The molecule has 3 heterocycles. The van der Waals surface area contributed by atoms with E-state index in [9.17, 15) is 5.11 Å². The van der Waals surface area contributed by atoms with Crippen molar-refractivity contribution < 1.29 is 19.3 Å². The van der Waals surface area contributed by atoms with Crippen LogP contribution < -0.4 is 0 Å². The minimum absolute atomic E-state index is 0.00241. The van der Waals surface area contributed by atoms with Crippen molar-refractivity contribution in [3.63, 3.8) is 0 Å². The monoisotopic (exact) mass is 210 g/mol. The highest BCUT2D eigenvalue weighted by Crippen LogP contribution is 2.56. The highest BCUT2D eigenvalue weighted by Gasteiger charge is 2.72. The van der Waals surface area contributed by atoms with Gasteiger partial charge in [-0.15, -0.1) is 0 Å². The zero-order chi connectivity index (χ0) is 10.2. The summed E-state index contributed by atoms with van der Waals surface area (Å²) in [6.45, 7) is 5.84. The molecule has 0 amide bonds. The van der Waals surface area contributed by atoms with E-state index in [0.717, 1.165) is 19.3 Å². The summed E-state index contributed by atoms with van der Waals surface area (Å²) in [7, 11) is 0. The van der Waals surface area contributed by atoms with Crippen LogP contribution in [-0.4, -0.2) is 47.3 Å². The molecule has 7 atom stereocenters. The smallest absolute Gasteiger partial charge is 0.126 e. The van der Waals surface area contributed by atoms with Crippen LogP contribution in [0.15, 0.2) is 0 Å². The lowest BCUT2D eigenvalue weighted by atomic mass is 9.78. The summed E-state index contributed by atoms with van der Waals surface area (Å²) >= 11 is 0. The third-order valence-corrected chi connectivity index (χ3v) is 4.21. The molecule has 1 N–H and O–H groups in total. The maximum absolute atomic E-state index is 9.88. The van der Waals surface area contributed by atoms with E-state index in [-0.39, 0.29) is 36.1 Å². The summed E-state index contributed by atoms with van der Waals surface area (Å²) in [5.74, 6) is 0. The van der Waals surface area contributed by atoms with Crippen LogP contribution in [0.5, 0.6) is 0 Å². The maximum Gasteiger partial charge on any atom is 0.126 e. The Balaban J connectivity index is 1.72. The quantitative estimate of drug-likeness (QED) is 0.568. The number of aliphatic hydroxyl groups excluding tert-OH is 1. The molecule has 1 aliphatic carbocycles. The summed E-state index contributed by atoms with van der Waals surface area (Å²) < 4.78 is 17.2. The average Bonchev–Trinajstić information content (AvgIpc) is 2.93. The van der Waals surface area contributed by atoms with Crippen LogP contribution in [0.1, 0.15) is 19.3 Å². The highest BCUT2D eigenvalue weighted by atomic mass is 16.7. The van der Waals surface area contributed by atoms with E-state index in [4.69, 9.17) is 21.1 Å². The first kappa shape index (κ1) is 8.93. The number of hydrogen-bond donors (Lipinski definition) is 1. The lowest BCUT2D eigenvalue weighted by molar-refractivity contribution is -0.162. The topological polar surface area (TPSA) is 51.2 Å². The molecule has 3 saturated heterocycles. The highest BCUT2D eigenvalue weighted by molar-refractivity contribution is 5.20. The SMILES string of the molecule is [CH][C@H]1CC[C@@H]2O[C@@H]3C[C@@]2(O1)[C@H]1O[C@H]1[C@H]3O. The van der Waals surface area contributed by atoms with Gasteiger partial charge in [-0.05, 0) is 19.8 Å². The van der Waals surface area contributed by atoms with E-state index in [1.54, 1.807) is 0 Å². The number of rotatable bonds is 0. The Morgan fingerprint density at radius 1 is 1.27 bits per heavy atom. The fraction of sp³-hybridized carbons (Fsp3) is 0.909. The van der Waals surface area contributed by atoms with Gasteiger partial charge in [0.1, 0.15) is 23.9 Å². The first-order valence-corrected chi connectivity index (χ1v) is 5.63. The second-order valence-corrected chi connectivity index (χ2v) is 5.07. The third-order valence-electron chi connectivity index (χ3n) is 4.21. The largest absolute Gasteiger partial charge is 0.388 e. The molecule has 4 nitrogen and oxygen atoms in total. The lowest BCUT2D eigenvalue weighted by Crippen LogP contribution is -2.54. The second-order valence-electron chi connectivity index (χ2n) is 5.07. The Labute approximate surface area is 88.5 Å². The zero-order valence-electron chi connectivity index (χ0n) is 8.33. The molecule has 15 heavy (non-hydrogen) atoms. The van der Waals surface area contributed by atoms with Crippen molar-refractivity contribution in [1.29, 1.82) is 0 Å². The molecule has 3 aliphatic heterocycles. The van der Waals surface area contributed by atoms with Crippen LogP contribution in [0, 0.1) is 6.92 Å². The molecule has 4 rings (SSSR count). The minimum atomic E-state index is -0.481. The Morgan fingerprint density at radius 3 is 3.00 bits per heavy atom. The van der Waals surface area contributed by atoms with Gasteiger partial charge < -0.3 is 19.3 Å². The molecular weight excluding hydrogens is 196 g/mol. The van der Waals surface area contributed by atoms with Gasteiger partial charge in [-0.1, -0.05) is 0 Å². The Morgan fingerprint density at radius 2 is 2.13 bits per heavy atom. The van der Waals surface area contributed by atoms with Crippen molar-refractivity contribution in [3.8, 4) is 0 Å². The normalized spacial score (nSPS) is 66.0. The Kier molecular flexibility index (Phi) is 1.53. The van der Waals surface area contributed by atoms with E-state index in [1.165, 1.54) is 0 Å². The van der Waals surface area contributed by atoms with Crippen molar-refractivity contribution in [2.45, 2.75) is 61.5 Å². The molecule has 1 saturated carbocycles. The first-order valence-electron chi connectivity index (χ1n) is 5.63. The molecule has 4 fully saturated rings. The maximum atomic E-state index is 9.88. The molecule has 2 bridgehead atoms. The Bertz CT molecular complexity index is 307. The van der Waals surface area contributed by atoms with Gasteiger partial charge in [0.15, 0.2) is 0 Å². The van der Waals surface area contributed by atoms with Gasteiger partial charge in [0.05, 0.1) is 18.3 Å². The average molecular weight is 210 g/mol. The first-order chi connectivity index (χ1) is 7.21. The van der Waals surface area contributed by atoms with Crippen LogP contribution in [0.25, 0.3) is 0 Å². The van der Waals surface area contributed by atoms with Gasteiger partial charge in [0.25, 0.3) is 0 Å². The van der Waals surface area contributed by atoms with Crippen molar-refractivity contribution in [2.75, 3.05) is 0 Å². The molecular formula is C11H14O4. The van der Waals surface area contributed by atoms with Crippen LogP contribution in [0.2, 0.25) is 0 Å². The number of hydrogen-bond acceptors (Lipinski definition) is 4. The number of aliphatic hydroxyl groups is 1. The fourth-order valence-corrected chi connectivity index (χ4v) is 3.47. The molecule has 2 radical (unpaired) electrons. The number of epoxide rings is 1. The van der Waals surface area contributed by atoms with Gasteiger partial charge in [0, 0.05) is 6.42 Å². The van der Waals surface area contributed by atoms with Crippen molar-refractivity contribution >= 4 is 0 Å². The molecule has 0 aromatic heterocycles. The van der Waals surface area contributed by atoms with E-state index >= 15 is 0 Å². The number of fused-ring (bicyclic) bond motifs is 2. The van der Waals surface area contributed by atoms with Crippen molar-refractivity contribution in [1.82, 2.24) is 0 Å². The zero-order valence-corrected chi connectivity index (χ0v) is 8.33. The predicted octanol–water partition coefficient (Wildman–Crippen LogP) is -0.0853. The van der Waals surface area contributed by atoms with Crippen molar-refractivity contribution in [2.24, 2.45) is 0 Å². The number of ether oxygens (including phenoxy) is 3. The summed E-state index contributed by atoms with van der Waals surface area (Å²) in [5.41, 5.74) is -0.355. The van der Waals surface area contributed by atoms with Crippen LogP contribution in [0.4, 0.5) is 0 Å². The van der Waals surface area contributed by atoms with E-state index in [0.29, 0.717) is 0 Å². The fourth-order valence-electron chi connectivity index (χ4n) is 3.47. The van der Waals surface area contributed by atoms with Crippen LogP contribution in [-0.2, 0) is 14.2 Å². The van der Waals surface area contributed by atoms with E-state index in [2.05, 4.69) is 0 Å². The second kappa shape index (κ2) is 2.56. The van der Waals surface area contributed by atoms with Crippen LogP contribution in [0.3, 0.4) is 0 Å². The van der Waals surface area contributed by atoms with E-state index in [1.807, 2.05) is 0 Å². The Hall–Kier alpha value is -0.160. The minimum Gasteiger partial charge on any atom is -0.388 e. The summed E-state index contributed by atoms with van der Waals surface area (Å²) in [5, 5.41) is 9.88. The van der Waals surface area contributed by atoms with Gasteiger partial charge in [-0.25, -0.2) is 0 Å². The summed E-state index contributed by atoms with van der Waals surface area (Å²) in [4.78, 5) is 0. The summed E-state index contributed by atoms with van der Waals surface area (Å²) in [6, 6.07) is 0. The van der Waals surface area contributed by atoms with Gasteiger partial charge in [-0.2, -0.15) is 0 Å². The van der Waals surface area contributed by atoms with Gasteiger partial charge >= 0.3 is 0 Å². The third kappa shape index (κ3) is 0.965. The molecule has 0 unspecified atom stereocenters. The molecule has 4 aliphatic rings. The molecule has 0 aromatic rings. The lowest BCUT2D eigenvalue weighted by Gasteiger charge is -2.40. The molecule has 1 spiro atoms. The van der Waals surface area contributed by atoms with E-state index < -0.39 is 6.10 Å². The van der Waals surface area contributed by atoms with Gasteiger partial charge in [0.2, 0.25) is 0 Å². The molecule has 4 heteroatoms. The van der Waals surface area contributed by atoms with Crippen molar-refractivity contribution in [3.05, 3.63) is 6.92 Å². The predicted molar refractivity (Wildman–Crippen MR) is 49.1 cm³/mol. The summed E-state index contributed by atoms with van der Waals surface area (Å²) in [6.07, 6.45) is 1.65. The van der Waals surface area contributed by atoms with Crippen LogP contribution >= 0.6 is 0 Å². The molecule has 82 valence electrons. The standard InChI is InChI=1S/C11H14O4/c1-5-2-3-7-11(15-5)4-6(13-7)8(12)9-10(11)14-9/h1,5-10,12H,2-4H2/t5-,6+,7-,8-,9-,10-,11-/m0/s1. The molecule has 0 aromatic carbocycles.